The van der Waals surface area contributed by atoms with Crippen molar-refractivity contribution in [3.05, 3.63) is 35.4 Å². The van der Waals surface area contributed by atoms with E-state index in [1.807, 2.05) is 38.1 Å². The first-order valence-corrected chi connectivity index (χ1v) is 7.22. The fraction of sp³-hybridized carbons (Fsp3) is 0.286. The van der Waals surface area contributed by atoms with Gasteiger partial charge in [-0.25, -0.2) is 0 Å². The number of hydrogen-bond donors (Lipinski definition) is 2. The SMILES string of the molecule is C/C(=N/N=C1\NC(=O)[C@@H](CC(=O)O)S1)c1ccc(C)cc1. The van der Waals surface area contributed by atoms with E-state index in [2.05, 4.69) is 15.5 Å². The summed E-state index contributed by atoms with van der Waals surface area (Å²) in [6.45, 7) is 3.83. The predicted octanol–water partition coefficient (Wildman–Crippen LogP) is 1.78. The number of carboxylic acids is 1. The lowest BCUT2D eigenvalue weighted by Crippen LogP contribution is -2.26. The van der Waals surface area contributed by atoms with Crippen LogP contribution in [0.4, 0.5) is 0 Å². The third-order valence-electron chi connectivity index (χ3n) is 2.90. The van der Waals surface area contributed by atoms with E-state index in [0.29, 0.717) is 5.17 Å². The first-order chi connectivity index (χ1) is 9.95. The Kier molecular flexibility index (Phi) is 4.74. The molecule has 1 atom stereocenters. The van der Waals surface area contributed by atoms with Gasteiger partial charge < -0.3 is 10.4 Å². The maximum atomic E-state index is 11.5. The Hall–Kier alpha value is -2.15. The number of hydrogen-bond acceptors (Lipinski definition) is 5. The zero-order valence-electron chi connectivity index (χ0n) is 11.7. The van der Waals surface area contributed by atoms with Crippen LogP contribution >= 0.6 is 11.8 Å². The second-order valence-corrected chi connectivity index (χ2v) is 5.84. The van der Waals surface area contributed by atoms with E-state index in [-0.39, 0.29) is 12.3 Å². The van der Waals surface area contributed by atoms with Gasteiger partial charge in [-0.3, -0.25) is 9.59 Å². The summed E-state index contributed by atoms with van der Waals surface area (Å²) < 4.78 is 0. The summed E-state index contributed by atoms with van der Waals surface area (Å²) in [5.74, 6) is -1.35. The lowest BCUT2D eigenvalue weighted by atomic mass is 10.1. The Bertz CT molecular complexity index is 623. The molecule has 1 aromatic carbocycles. The molecule has 0 unspecified atom stereocenters. The van der Waals surface area contributed by atoms with Crippen molar-refractivity contribution >= 4 is 34.5 Å². The highest BCUT2D eigenvalue weighted by atomic mass is 32.2. The maximum absolute atomic E-state index is 11.5. The van der Waals surface area contributed by atoms with Crippen LogP contribution in [0.2, 0.25) is 0 Å². The lowest BCUT2D eigenvalue weighted by Gasteiger charge is -1.99. The van der Waals surface area contributed by atoms with Crippen LogP contribution in [0.25, 0.3) is 0 Å². The molecule has 1 aliphatic heterocycles. The molecule has 2 rings (SSSR count). The average molecular weight is 305 g/mol. The fourth-order valence-electron chi connectivity index (χ4n) is 1.72. The first kappa shape index (κ1) is 15.2. The van der Waals surface area contributed by atoms with Gasteiger partial charge in [-0.2, -0.15) is 5.10 Å². The van der Waals surface area contributed by atoms with Gasteiger partial charge in [-0.15, -0.1) is 5.10 Å². The predicted molar refractivity (Wildman–Crippen MR) is 82.6 cm³/mol. The molecule has 7 heteroatoms. The van der Waals surface area contributed by atoms with E-state index in [1.54, 1.807) is 0 Å². The van der Waals surface area contributed by atoms with Crippen molar-refractivity contribution in [1.82, 2.24) is 5.32 Å². The minimum absolute atomic E-state index is 0.226. The molecule has 0 spiro atoms. The summed E-state index contributed by atoms with van der Waals surface area (Å²) in [6, 6.07) is 7.86. The number of amides is 1. The molecule has 0 aromatic heterocycles. The number of carbonyl (C=O) groups excluding carboxylic acids is 1. The third kappa shape index (κ3) is 4.16. The van der Waals surface area contributed by atoms with Gasteiger partial charge in [0, 0.05) is 0 Å². The van der Waals surface area contributed by atoms with Crippen LogP contribution in [0.1, 0.15) is 24.5 Å². The second kappa shape index (κ2) is 6.53. The third-order valence-corrected chi connectivity index (χ3v) is 3.97. The van der Waals surface area contributed by atoms with Crippen LogP contribution in [0, 0.1) is 6.92 Å². The van der Waals surface area contributed by atoms with Gasteiger partial charge in [0.1, 0.15) is 5.25 Å². The average Bonchev–Trinajstić information content (AvgIpc) is 2.77. The lowest BCUT2D eigenvalue weighted by molar-refractivity contribution is -0.138. The van der Waals surface area contributed by atoms with Gasteiger partial charge in [0.15, 0.2) is 5.17 Å². The zero-order chi connectivity index (χ0) is 15.4. The summed E-state index contributed by atoms with van der Waals surface area (Å²) in [5.41, 5.74) is 2.83. The van der Waals surface area contributed by atoms with E-state index in [1.165, 1.54) is 0 Å². The number of aliphatic carboxylic acids is 1. The van der Waals surface area contributed by atoms with E-state index in [9.17, 15) is 9.59 Å². The van der Waals surface area contributed by atoms with Crippen LogP contribution in [0.15, 0.2) is 34.5 Å². The van der Waals surface area contributed by atoms with E-state index in [0.717, 1.165) is 28.6 Å². The summed E-state index contributed by atoms with van der Waals surface area (Å²) in [4.78, 5) is 22.2. The number of thioether (sulfide) groups is 1. The number of nitrogens with one attached hydrogen (secondary N) is 1. The number of aryl methyl sites for hydroxylation is 1. The molecule has 2 N–H and O–H groups in total. The minimum Gasteiger partial charge on any atom is -0.481 e. The monoisotopic (exact) mass is 305 g/mol. The molecule has 0 saturated carbocycles. The largest absolute Gasteiger partial charge is 0.481 e. The van der Waals surface area contributed by atoms with Crippen LogP contribution < -0.4 is 5.32 Å². The topological polar surface area (TPSA) is 91.1 Å². The van der Waals surface area contributed by atoms with E-state index < -0.39 is 11.2 Å². The van der Waals surface area contributed by atoms with Gasteiger partial charge >= 0.3 is 5.97 Å². The number of rotatable bonds is 4. The first-order valence-electron chi connectivity index (χ1n) is 6.34. The Morgan fingerprint density at radius 3 is 2.67 bits per heavy atom. The Morgan fingerprint density at radius 2 is 2.05 bits per heavy atom. The Labute approximate surface area is 126 Å². The number of amidine groups is 1. The number of carboxylic acid groups (broad SMARTS) is 1. The minimum atomic E-state index is -1.01. The molecule has 0 bridgehead atoms. The van der Waals surface area contributed by atoms with Gasteiger partial charge in [0.25, 0.3) is 0 Å². The van der Waals surface area contributed by atoms with Crippen molar-refractivity contribution in [1.29, 1.82) is 0 Å². The summed E-state index contributed by atoms with van der Waals surface area (Å²) in [6.07, 6.45) is -0.226. The molecule has 1 aromatic rings. The van der Waals surface area contributed by atoms with Crippen molar-refractivity contribution in [3.63, 3.8) is 0 Å². The van der Waals surface area contributed by atoms with Crippen LogP contribution in [-0.2, 0) is 9.59 Å². The molecule has 0 aliphatic carbocycles. The van der Waals surface area contributed by atoms with Gasteiger partial charge in [-0.1, -0.05) is 41.6 Å². The van der Waals surface area contributed by atoms with Crippen molar-refractivity contribution in [2.24, 2.45) is 10.2 Å². The zero-order valence-corrected chi connectivity index (χ0v) is 12.5. The Balaban J connectivity index is 2.07. The van der Waals surface area contributed by atoms with Crippen molar-refractivity contribution in [2.75, 3.05) is 0 Å². The van der Waals surface area contributed by atoms with Gasteiger partial charge in [-0.05, 0) is 19.4 Å². The summed E-state index contributed by atoms with van der Waals surface area (Å²) in [7, 11) is 0. The highest BCUT2D eigenvalue weighted by Gasteiger charge is 2.32. The molecule has 1 saturated heterocycles. The van der Waals surface area contributed by atoms with Gasteiger partial charge in [0.2, 0.25) is 5.91 Å². The molecule has 0 radical (unpaired) electrons. The molecule has 1 fully saturated rings. The molecule has 6 nitrogen and oxygen atoms in total. The van der Waals surface area contributed by atoms with Crippen LogP contribution in [0.3, 0.4) is 0 Å². The molecule has 1 amide bonds. The molecule has 1 heterocycles. The van der Waals surface area contributed by atoms with Crippen molar-refractivity contribution < 1.29 is 14.7 Å². The summed E-state index contributed by atoms with van der Waals surface area (Å²) >= 11 is 1.09. The van der Waals surface area contributed by atoms with Gasteiger partial charge in [0.05, 0.1) is 12.1 Å². The molecular formula is C14H15N3O3S. The van der Waals surface area contributed by atoms with Crippen LogP contribution in [-0.4, -0.2) is 33.1 Å². The number of carbonyl (C=O) groups is 2. The van der Waals surface area contributed by atoms with Crippen LogP contribution in [0.5, 0.6) is 0 Å². The molecular weight excluding hydrogens is 290 g/mol. The number of nitrogens with zero attached hydrogens (tertiary/aromatic N) is 2. The quantitative estimate of drug-likeness (QED) is 0.655. The smallest absolute Gasteiger partial charge is 0.305 e. The van der Waals surface area contributed by atoms with E-state index in [4.69, 9.17) is 5.11 Å². The summed E-state index contributed by atoms with van der Waals surface area (Å²) in [5, 5.41) is 19.0. The molecule has 21 heavy (non-hydrogen) atoms. The molecule has 1 aliphatic rings. The highest BCUT2D eigenvalue weighted by Crippen LogP contribution is 2.22. The molecule has 110 valence electrons. The van der Waals surface area contributed by atoms with Crippen molar-refractivity contribution in [3.8, 4) is 0 Å². The van der Waals surface area contributed by atoms with E-state index >= 15 is 0 Å². The maximum Gasteiger partial charge on any atom is 0.305 e. The number of benzene rings is 1. The fourth-order valence-corrected chi connectivity index (χ4v) is 2.63. The highest BCUT2D eigenvalue weighted by molar-refractivity contribution is 8.15. The standard InChI is InChI=1S/C14H15N3O3S/c1-8-3-5-10(6-4-8)9(2)16-17-14-15-13(20)11(21-14)7-12(18)19/h3-6,11H,7H2,1-2H3,(H,18,19)(H,15,17,20)/b16-9-/t11-/m1/s1. The Morgan fingerprint density at radius 1 is 1.38 bits per heavy atom. The van der Waals surface area contributed by atoms with Crippen molar-refractivity contribution in [2.45, 2.75) is 25.5 Å². The second-order valence-electron chi connectivity index (χ2n) is 4.65. The normalized spacial score (nSPS) is 20.7.